The van der Waals surface area contributed by atoms with Crippen molar-refractivity contribution < 1.29 is 18.7 Å². The summed E-state index contributed by atoms with van der Waals surface area (Å²) in [5, 5.41) is 0. The van der Waals surface area contributed by atoms with Crippen LogP contribution in [-0.2, 0) is 20.8 Å². The molecule has 5 heteroatoms. The summed E-state index contributed by atoms with van der Waals surface area (Å²) in [6.07, 6.45) is 1.30. The Balaban J connectivity index is 2.03. The second-order valence-corrected chi connectivity index (χ2v) is 3.95. The van der Waals surface area contributed by atoms with Gasteiger partial charge < -0.3 is 14.4 Å². The second-order valence-electron chi connectivity index (χ2n) is 3.95. The van der Waals surface area contributed by atoms with Crippen molar-refractivity contribution in [1.29, 1.82) is 0 Å². The molecule has 0 saturated carbocycles. The lowest BCUT2D eigenvalue weighted by Gasteiger charge is -2.21. The summed E-state index contributed by atoms with van der Waals surface area (Å²) in [6.45, 7) is 0.977. The first-order chi connectivity index (χ1) is 8.68. The minimum absolute atomic E-state index is 0.153. The summed E-state index contributed by atoms with van der Waals surface area (Å²) >= 11 is 0. The standard InChI is InChI=1S/C13H14FNO3/c1-15(8-10-4-2-3-5-11(10)14)13(16)12-9-17-6-7-18-12/h2-5,9H,6-8H2,1H3. The molecule has 18 heavy (non-hydrogen) atoms. The number of nitrogens with zero attached hydrogens (tertiary/aromatic N) is 1. The summed E-state index contributed by atoms with van der Waals surface area (Å²) < 4.78 is 23.6. The van der Waals surface area contributed by atoms with E-state index in [2.05, 4.69) is 0 Å². The van der Waals surface area contributed by atoms with Gasteiger partial charge in [-0.25, -0.2) is 4.39 Å². The molecule has 1 aromatic rings. The van der Waals surface area contributed by atoms with Gasteiger partial charge in [-0.1, -0.05) is 18.2 Å². The van der Waals surface area contributed by atoms with E-state index in [1.807, 2.05) is 0 Å². The minimum atomic E-state index is -0.327. The number of carbonyl (C=O) groups excluding carboxylic acids is 1. The van der Waals surface area contributed by atoms with Gasteiger partial charge in [-0.3, -0.25) is 4.79 Å². The SMILES string of the molecule is CN(Cc1ccccc1F)C(=O)C1=COCCO1. The van der Waals surface area contributed by atoms with Crippen molar-refractivity contribution in [1.82, 2.24) is 4.90 Å². The van der Waals surface area contributed by atoms with Gasteiger partial charge in [0, 0.05) is 19.2 Å². The first-order valence-corrected chi connectivity index (χ1v) is 5.62. The number of ether oxygens (including phenoxy) is 2. The van der Waals surface area contributed by atoms with E-state index in [1.54, 1.807) is 25.2 Å². The largest absolute Gasteiger partial charge is 0.494 e. The maximum absolute atomic E-state index is 13.4. The summed E-state index contributed by atoms with van der Waals surface area (Å²) in [6, 6.07) is 6.36. The van der Waals surface area contributed by atoms with Gasteiger partial charge in [0.05, 0.1) is 0 Å². The number of carbonyl (C=O) groups is 1. The van der Waals surface area contributed by atoms with E-state index in [4.69, 9.17) is 9.47 Å². The maximum atomic E-state index is 13.4. The van der Waals surface area contributed by atoms with Gasteiger partial charge in [-0.2, -0.15) is 0 Å². The van der Waals surface area contributed by atoms with Crippen molar-refractivity contribution in [3.05, 3.63) is 47.7 Å². The molecule has 0 bridgehead atoms. The Morgan fingerprint density at radius 3 is 2.83 bits per heavy atom. The van der Waals surface area contributed by atoms with E-state index < -0.39 is 0 Å². The predicted molar refractivity (Wildman–Crippen MR) is 62.9 cm³/mol. The number of halogens is 1. The summed E-state index contributed by atoms with van der Waals surface area (Å²) in [4.78, 5) is 13.3. The van der Waals surface area contributed by atoms with Crippen LogP contribution in [0.1, 0.15) is 5.56 Å². The van der Waals surface area contributed by atoms with Crippen molar-refractivity contribution in [2.45, 2.75) is 6.54 Å². The number of likely N-dealkylation sites (N-methyl/N-ethyl adjacent to an activating group) is 1. The fourth-order valence-corrected chi connectivity index (χ4v) is 1.62. The molecule has 0 unspecified atom stereocenters. The Bertz CT molecular complexity index is 473. The van der Waals surface area contributed by atoms with Gasteiger partial charge in [0.1, 0.15) is 25.3 Å². The molecule has 0 aromatic heterocycles. The molecular formula is C13H14FNO3. The van der Waals surface area contributed by atoms with Crippen LogP contribution in [-0.4, -0.2) is 31.1 Å². The number of hydrogen-bond donors (Lipinski definition) is 0. The van der Waals surface area contributed by atoms with Crippen molar-refractivity contribution >= 4 is 5.91 Å². The Morgan fingerprint density at radius 2 is 2.17 bits per heavy atom. The zero-order valence-electron chi connectivity index (χ0n) is 10.1. The Kier molecular flexibility index (Phi) is 3.82. The lowest BCUT2D eigenvalue weighted by atomic mass is 10.2. The van der Waals surface area contributed by atoms with Crippen LogP contribution >= 0.6 is 0 Å². The number of benzene rings is 1. The molecular weight excluding hydrogens is 237 g/mol. The monoisotopic (exact) mass is 251 g/mol. The van der Waals surface area contributed by atoms with Gasteiger partial charge in [0.2, 0.25) is 5.76 Å². The molecule has 0 aliphatic carbocycles. The Labute approximate surface area is 105 Å². The van der Waals surface area contributed by atoms with Crippen LogP contribution in [0.25, 0.3) is 0 Å². The van der Waals surface area contributed by atoms with Gasteiger partial charge in [0.25, 0.3) is 5.91 Å². The molecule has 1 aliphatic heterocycles. The highest BCUT2D eigenvalue weighted by molar-refractivity contribution is 5.91. The highest BCUT2D eigenvalue weighted by atomic mass is 19.1. The smallest absolute Gasteiger partial charge is 0.292 e. The zero-order valence-corrected chi connectivity index (χ0v) is 10.1. The average Bonchev–Trinajstić information content (AvgIpc) is 2.41. The van der Waals surface area contributed by atoms with Crippen LogP contribution in [0.3, 0.4) is 0 Å². The third kappa shape index (κ3) is 2.80. The van der Waals surface area contributed by atoms with Crippen LogP contribution in [0.5, 0.6) is 0 Å². The van der Waals surface area contributed by atoms with E-state index in [9.17, 15) is 9.18 Å². The van der Waals surface area contributed by atoms with E-state index in [0.29, 0.717) is 18.8 Å². The van der Waals surface area contributed by atoms with E-state index >= 15 is 0 Å². The molecule has 1 heterocycles. The summed E-state index contributed by atoms with van der Waals surface area (Å²) in [5.41, 5.74) is 0.464. The lowest BCUT2D eigenvalue weighted by Crippen LogP contribution is -2.30. The molecule has 0 saturated heterocycles. The molecule has 0 radical (unpaired) electrons. The molecule has 2 rings (SSSR count). The van der Waals surface area contributed by atoms with Gasteiger partial charge in [-0.15, -0.1) is 0 Å². The molecule has 0 fully saturated rings. The number of amides is 1. The predicted octanol–water partition coefficient (Wildman–Crippen LogP) is 1.67. The first kappa shape index (κ1) is 12.4. The molecule has 96 valence electrons. The topological polar surface area (TPSA) is 38.8 Å². The Morgan fingerprint density at radius 1 is 1.39 bits per heavy atom. The lowest BCUT2D eigenvalue weighted by molar-refractivity contribution is -0.131. The number of rotatable bonds is 3. The molecule has 4 nitrogen and oxygen atoms in total. The number of hydrogen-bond acceptors (Lipinski definition) is 3. The fourth-order valence-electron chi connectivity index (χ4n) is 1.62. The quantitative estimate of drug-likeness (QED) is 0.820. The molecule has 1 amide bonds. The molecule has 1 aliphatic rings. The van der Waals surface area contributed by atoms with Crippen molar-refractivity contribution in [2.24, 2.45) is 0 Å². The van der Waals surface area contributed by atoms with Crippen LogP contribution in [0, 0.1) is 5.82 Å². The van der Waals surface area contributed by atoms with E-state index in [-0.39, 0.29) is 24.0 Å². The van der Waals surface area contributed by atoms with Crippen molar-refractivity contribution in [2.75, 3.05) is 20.3 Å². The van der Waals surface area contributed by atoms with Gasteiger partial charge >= 0.3 is 0 Å². The van der Waals surface area contributed by atoms with Gasteiger partial charge in [0.15, 0.2) is 0 Å². The minimum Gasteiger partial charge on any atom is -0.494 e. The molecule has 1 aromatic carbocycles. The average molecular weight is 251 g/mol. The fraction of sp³-hybridized carbons (Fsp3) is 0.308. The summed E-state index contributed by atoms with van der Waals surface area (Å²) in [5.74, 6) is -0.495. The van der Waals surface area contributed by atoms with E-state index in [0.717, 1.165) is 0 Å². The highest BCUT2D eigenvalue weighted by Crippen LogP contribution is 2.12. The normalized spacial score (nSPS) is 14.2. The third-order valence-electron chi connectivity index (χ3n) is 2.57. The molecule has 0 atom stereocenters. The summed E-state index contributed by atoms with van der Waals surface area (Å²) in [7, 11) is 1.59. The zero-order chi connectivity index (χ0) is 13.0. The van der Waals surface area contributed by atoms with Crippen LogP contribution < -0.4 is 0 Å². The van der Waals surface area contributed by atoms with Crippen molar-refractivity contribution in [3.8, 4) is 0 Å². The van der Waals surface area contributed by atoms with E-state index in [1.165, 1.54) is 17.2 Å². The maximum Gasteiger partial charge on any atom is 0.292 e. The molecule has 0 N–H and O–H groups in total. The second kappa shape index (κ2) is 5.53. The first-order valence-electron chi connectivity index (χ1n) is 5.62. The van der Waals surface area contributed by atoms with Crippen LogP contribution in [0.2, 0.25) is 0 Å². The Hall–Kier alpha value is -2.04. The third-order valence-corrected chi connectivity index (χ3v) is 2.57. The van der Waals surface area contributed by atoms with Crippen molar-refractivity contribution in [3.63, 3.8) is 0 Å². The van der Waals surface area contributed by atoms with Gasteiger partial charge in [-0.05, 0) is 6.07 Å². The highest BCUT2D eigenvalue weighted by Gasteiger charge is 2.20. The van der Waals surface area contributed by atoms with Crippen LogP contribution in [0.15, 0.2) is 36.3 Å². The van der Waals surface area contributed by atoms with Crippen LogP contribution in [0.4, 0.5) is 4.39 Å². The molecule has 0 spiro atoms.